The number of hydrogen-bond acceptors (Lipinski definition) is 4. The van der Waals surface area contributed by atoms with Crippen LogP contribution < -0.4 is 9.73 Å². The van der Waals surface area contributed by atoms with Gasteiger partial charge in [-0.25, -0.2) is 13.8 Å². The molecule has 1 N–H and O–H groups in total. The first-order chi connectivity index (χ1) is 13.5. The minimum Gasteiger partial charge on any atom is -0.271 e. The SMILES string of the molecule is CS(=O)(=O)N(CC(=O)NN=C1CCCCCCCCCCC1)c1ccccc1. The average Bonchev–Trinajstić information content (AvgIpc) is 2.65. The van der Waals surface area contributed by atoms with Gasteiger partial charge in [0.2, 0.25) is 10.0 Å². The molecule has 0 bridgehead atoms. The molecular weight excluding hydrogens is 374 g/mol. The van der Waals surface area contributed by atoms with E-state index in [4.69, 9.17) is 0 Å². The Labute approximate surface area is 169 Å². The summed E-state index contributed by atoms with van der Waals surface area (Å²) in [5, 5.41) is 4.34. The molecule has 1 aliphatic rings. The molecule has 0 aromatic heterocycles. The molecule has 0 spiro atoms. The van der Waals surface area contributed by atoms with Crippen molar-refractivity contribution in [2.45, 2.75) is 70.6 Å². The number of hydrogen-bond donors (Lipinski definition) is 1. The van der Waals surface area contributed by atoms with E-state index >= 15 is 0 Å². The Morgan fingerprint density at radius 1 is 0.929 bits per heavy atom. The second kappa shape index (κ2) is 11.8. The highest BCUT2D eigenvalue weighted by Crippen LogP contribution is 2.17. The van der Waals surface area contributed by atoms with Crippen molar-refractivity contribution >= 4 is 27.3 Å². The van der Waals surface area contributed by atoms with E-state index in [2.05, 4.69) is 10.5 Å². The zero-order valence-electron chi connectivity index (χ0n) is 16.9. The number of nitrogens with one attached hydrogen (secondary N) is 1. The number of carbonyl (C=O) groups is 1. The number of carbonyl (C=O) groups excluding carboxylic acids is 1. The van der Waals surface area contributed by atoms with E-state index in [0.717, 1.165) is 42.0 Å². The van der Waals surface area contributed by atoms with E-state index in [-0.39, 0.29) is 6.54 Å². The number of sulfonamides is 1. The van der Waals surface area contributed by atoms with Gasteiger partial charge in [0.15, 0.2) is 0 Å². The van der Waals surface area contributed by atoms with Crippen molar-refractivity contribution < 1.29 is 13.2 Å². The maximum absolute atomic E-state index is 12.4. The molecule has 1 aromatic rings. The molecule has 28 heavy (non-hydrogen) atoms. The Morgan fingerprint density at radius 3 is 1.93 bits per heavy atom. The van der Waals surface area contributed by atoms with Crippen LogP contribution >= 0.6 is 0 Å². The molecule has 7 heteroatoms. The number of nitrogens with zero attached hydrogens (tertiary/aromatic N) is 2. The smallest absolute Gasteiger partial charge is 0.260 e. The third-order valence-corrected chi connectivity index (χ3v) is 6.14. The lowest BCUT2D eigenvalue weighted by Crippen LogP contribution is -2.39. The average molecular weight is 408 g/mol. The molecular formula is C21H33N3O3S. The van der Waals surface area contributed by atoms with Gasteiger partial charge in [0.25, 0.3) is 5.91 Å². The van der Waals surface area contributed by atoms with Gasteiger partial charge in [-0.1, -0.05) is 63.1 Å². The second-order valence-electron chi connectivity index (χ2n) is 7.50. The molecule has 1 saturated carbocycles. The van der Waals surface area contributed by atoms with Crippen LogP contribution in [0.3, 0.4) is 0 Å². The summed E-state index contributed by atoms with van der Waals surface area (Å²) in [6.45, 7) is -0.278. The van der Waals surface area contributed by atoms with Gasteiger partial charge in [0.1, 0.15) is 6.54 Å². The van der Waals surface area contributed by atoms with Gasteiger partial charge < -0.3 is 0 Å². The molecule has 1 amide bonds. The number of anilines is 1. The lowest BCUT2D eigenvalue weighted by molar-refractivity contribution is -0.119. The molecule has 0 radical (unpaired) electrons. The van der Waals surface area contributed by atoms with Gasteiger partial charge in [-0.2, -0.15) is 5.10 Å². The van der Waals surface area contributed by atoms with Crippen LogP contribution in [-0.4, -0.2) is 32.8 Å². The summed E-state index contributed by atoms with van der Waals surface area (Å²) in [5.41, 5.74) is 4.06. The van der Waals surface area contributed by atoms with Crippen LogP contribution in [-0.2, 0) is 14.8 Å². The summed E-state index contributed by atoms with van der Waals surface area (Å²) in [5.74, 6) is -0.423. The highest BCUT2D eigenvalue weighted by atomic mass is 32.2. The molecule has 0 saturated heterocycles. The summed E-state index contributed by atoms with van der Waals surface area (Å²) in [6, 6.07) is 8.65. The molecule has 0 heterocycles. The largest absolute Gasteiger partial charge is 0.271 e. The van der Waals surface area contributed by atoms with Crippen LogP contribution in [0.4, 0.5) is 5.69 Å². The fraction of sp³-hybridized carbons (Fsp3) is 0.619. The van der Waals surface area contributed by atoms with Gasteiger partial charge >= 0.3 is 0 Å². The number of para-hydroxylation sites is 1. The van der Waals surface area contributed by atoms with E-state index in [0.29, 0.717) is 5.69 Å². The molecule has 0 unspecified atom stereocenters. The van der Waals surface area contributed by atoms with E-state index < -0.39 is 15.9 Å². The maximum atomic E-state index is 12.4. The topological polar surface area (TPSA) is 78.8 Å². The zero-order valence-corrected chi connectivity index (χ0v) is 17.7. The minimum absolute atomic E-state index is 0.278. The monoisotopic (exact) mass is 407 g/mol. The normalized spacial score (nSPS) is 17.1. The molecule has 2 rings (SSSR count). The second-order valence-corrected chi connectivity index (χ2v) is 9.41. The summed E-state index contributed by atoms with van der Waals surface area (Å²) >= 11 is 0. The van der Waals surface area contributed by atoms with Gasteiger partial charge in [-0.15, -0.1) is 0 Å². The highest BCUT2D eigenvalue weighted by molar-refractivity contribution is 7.92. The quantitative estimate of drug-likeness (QED) is 0.742. The first-order valence-corrected chi connectivity index (χ1v) is 12.2. The van der Waals surface area contributed by atoms with Crippen LogP contribution in [0, 0.1) is 0 Å². The van der Waals surface area contributed by atoms with Crippen molar-refractivity contribution in [1.82, 2.24) is 5.43 Å². The summed E-state index contributed by atoms with van der Waals surface area (Å²) in [7, 11) is -3.56. The van der Waals surface area contributed by atoms with Crippen LogP contribution in [0.2, 0.25) is 0 Å². The lowest BCUT2D eigenvalue weighted by atomic mass is 10.00. The number of amides is 1. The van der Waals surface area contributed by atoms with Crippen LogP contribution in [0.25, 0.3) is 0 Å². The number of hydrazone groups is 1. The van der Waals surface area contributed by atoms with Gasteiger partial charge in [0, 0.05) is 5.71 Å². The number of benzene rings is 1. The Balaban J connectivity index is 1.96. The first-order valence-electron chi connectivity index (χ1n) is 10.3. The van der Waals surface area contributed by atoms with Gasteiger partial charge in [-0.3, -0.25) is 9.10 Å². The van der Waals surface area contributed by atoms with Crippen molar-refractivity contribution in [2.24, 2.45) is 5.10 Å². The van der Waals surface area contributed by atoms with Crippen molar-refractivity contribution in [2.75, 3.05) is 17.1 Å². The third-order valence-electron chi connectivity index (χ3n) is 5.00. The fourth-order valence-corrected chi connectivity index (χ4v) is 4.29. The van der Waals surface area contributed by atoms with Crippen molar-refractivity contribution in [3.8, 4) is 0 Å². The van der Waals surface area contributed by atoms with Crippen LogP contribution in [0.5, 0.6) is 0 Å². The predicted molar refractivity (Wildman–Crippen MR) is 115 cm³/mol. The summed E-state index contributed by atoms with van der Waals surface area (Å²) < 4.78 is 25.3. The Hall–Kier alpha value is -1.89. The molecule has 156 valence electrons. The molecule has 6 nitrogen and oxygen atoms in total. The Kier molecular flexibility index (Phi) is 9.47. The predicted octanol–water partition coefficient (Wildman–Crippen LogP) is 4.23. The highest BCUT2D eigenvalue weighted by Gasteiger charge is 2.20. The van der Waals surface area contributed by atoms with Crippen LogP contribution in [0.1, 0.15) is 70.6 Å². The van der Waals surface area contributed by atoms with E-state index in [1.165, 1.54) is 44.9 Å². The van der Waals surface area contributed by atoms with E-state index in [1.807, 2.05) is 0 Å². The van der Waals surface area contributed by atoms with Crippen molar-refractivity contribution in [1.29, 1.82) is 0 Å². The molecule has 1 aliphatic carbocycles. The molecule has 1 aromatic carbocycles. The minimum atomic E-state index is -3.56. The number of rotatable bonds is 5. The standard InChI is InChI=1S/C21H33N3O3S/c1-28(26,27)24(20-16-12-9-13-17-20)18-21(25)23-22-19-14-10-7-5-3-2-4-6-8-11-15-19/h9,12-13,16-17H,2-8,10-11,14-15,18H2,1H3,(H,23,25). The van der Waals surface area contributed by atoms with Gasteiger partial charge in [0.05, 0.1) is 11.9 Å². The van der Waals surface area contributed by atoms with Crippen molar-refractivity contribution in [3.63, 3.8) is 0 Å². The summed E-state index contributed by atoms with van der Waals surface area (Å²) in [6.07, 6.45) is 14.0. The molecule has 0 atom stereocenters. The van der Waals surface area contributed by atoms with Gasteiger partial charge in [-0.05, 0) is 37.8 Å². The Morgan fingerprint density at radius 2 is 1.43 bits per heavy atom. The third kappa shape index (κ3) is 8.42. The van der Waals surface area contributed by atoms with E-state index in [1.54, 1.807) is 30.3 Å². The fourth-order valence-electron chi connectivity index (χ4n) is 3.43. The molecule has 1 fully saturated rings. The van der Waals surface area contributed by atoms with E-state index in [9.17, 15) is 13.2 Å². The lowest BCUT2D eigenvalue weighted by Gasteiger charge is -2.21. The first kappa shape index (κ1) is 22.4. The summed E-state index contributed by atoms with van der Waals surface area (Å²) in [4.78, 5) is 12.4. The van der Waals surface area contributed by atoms with Crippen LogP contribution in [0.15, 0.2) is 35.4 Å². The molecule has 0 aliphatic heterocycles. The zero-order chi connectivity index (χ0) is 20.2. The van der Waals surface area contributed by atoms with Crippen molar-refractivity contribution in [3.05, 3.63) is 30.3 Å². The Bertz CT molecular complexity index is 719. The maximum Gasteiger partial charge on any atom is 0.260 e.